The molecule has 0 unspecified atom stereocenters. The first kappa shape index (κ1) is 13.4. The Hall–Kier alpha value is -1.06. The van der Waals surface area contributed by atoms with Crippen LogP contribution in [0.2, 0.25) is 0 Å². The maximum atomic E-state index is 5.89. The maximum absolute atomic E-state index is 5.89. The minimum Gasteiger partial charge on any atom is -0.496 e. The SMILES string of the molecule is COc1c(C)cc(CC2(CN)COC2)c(C)c1C. The zero-order valence-corrected chi connectivity index (χ0v) is 11.8. The van der Waals surface area contributed by atoms with Crippen molar-refractivity contribution in [3.8, 4) is 5.75 Å². The molecule has 0 spiro atoms. The van der Waals surface area contributed by atoms with E-state index in [1.54, 1.807) is 7.11 Å². The Balaban J connectivity index is 2.34. The van der Waals surface area contributed by atoms with Crippen molar-refractivity contribution in [3.05, 3.63) is 28.3 Å². The summed E-state index contributed by atoms with van der Waals surface area (Å²) in [6.07, 6.45) is 1.00. The molecule has 0 aliphatic carbocycles. The summed E-state index contributed by atoms with van der Waals surface area (Å²) in [6.45, 7) is 8.64. The van der Waals surface area contributed by atoms with E-state index in [1.807, 2.05) is 0 Å². The minimum atomic E-state index is 0.151. The van der Waals surface area contributed by atoms with E-state index in [1.165, 1.54) is 22.3 Å². The second-order valence-corrected chi connectivity index (χ2v) is 5.51. The highest BCUT2D eigenvalue weighted by Gasteiger charge is 2.37. The molecule has 1 fully saturated rings. The Morgan fingerprint density at radius 3 is 2.39 bits per heavy atom. The molecule has 1 aromatic rings. The van der Waals surface area contributed by atoms with Gasteiger partial charge in [-0.1, -0.05) is 6.07 Å². The molecule has 2 rings (SSSR count). The number of ether oxygens (including phenoxy) is 2. The topological polar surface area (TPSA) is 44.5 Å². The van der Waals surface area contributed by atoms with Gasteiger partial charge in [0.05, 0.1) is 20.3 Å². The van der Waals surface area contributed by atoms with Crippen LogP contribution in [-0.2, 0) is 11.2 Å². The molecule has 100 valence electrons. The molecule has 1 heterocycles. The first-order chi connectivity index (χ1) is 8.53. The van der Waals surface area contributed by atoms with Gasteiger partial charge in [-0.05, 0) is 49.4 Å². The van der Waals surface area contributed by atoms with Crippen molar-refractivity contribution in [3.63, 3.8) is 0 Å². The Bertz CT molecular complexity index is 445. The van der Waals surface area contributed by atoms with Gasteiger partial charge in [0.2, 0.25) is 0 Å². The molecule has 0 amide bonds. The zero-order valence-electron chi connectivity index (χ0n) is 11.8. The van der Waals surface area contributed by atoms with Crippen LogP contribution in [-0.4, -0.2) is 26.9 Å². The third-order valence-electron chi connectivity index (χ3n) is 4.15. The molecule has 1 saturated heterocycles. The van der Waals surface area contributed by atoms with E-state index in [2.05, 4.69) is 26.8 Å². The molecule has 1 aliphatic heterocycles. The number of methoxy groups -OCH3 is 1. The largest absolute Gasteiger partial charge is 0.496 e. The van der Waals surface area contributed by atoms with E-state index in [0.717, 1.165) is 25.4 Å². The van der Waals surface area contributed by atoms with Gasteiger partial charge in [-0.15, -0.1) is 0 Å². The Morgan fingerprint density at radius 2 is 1.94 bits per heavy atom. The van der Waals surface area contributed by atoms with Gasteiger partial charge in [0.1, 0.15) is 5.75 Å². The molecule has 3 nitrogen and oxygen atoms in total. The van der Waals surface area contributed by atoms with Crippen molar-refractivity contribution < 1.29 is 9.47 Å². The van der Waals surface area contributed by atoms with Gasteiger partial charge in [0.15, 0.2) is 0 Å². The minimum absolute atomic E-state index is 0.151. The van der Waals surface area contributed by atoms with Crippen molar-refractivity contribution >= 4 is 0 Å². The molecule has 3 heteroatoms. The second-order valence-electron chi connectivity index (χ2n) is 5.51. The fraction of sp³-hybridized carbons (Fsp3) is 0.600. The normalized spacial score (nSPS) is 17.4. The van der Waals surface area contributed by atoms with Gasteiger partial charge >= 0.3 is 0 Å². The molecule has 1 aromatic carbocycles. The predicted octanol–water partition coefficient (Wildman–Crippen LogP) is 2.14. The lowest BCUT2D eigenvalue weighted by molar-refractivity contribution is -0.106. The van der Waals surface area contributed by atoms with Gasteiger partial charge in [-0.3, -0.25) is 0 Å². The fourth-order valence-electron chi connectivity index (χ4n) is 2.73. The van der Waals surface area contributed by atoms with Crippen molar-refractivity contribution in [2.24, 2.45) is 11.1 Å². The van der Waals surface area contributed by atoms with Crippen molar-refractivity contribution in [2.75, 3.05) is 26.9 Å². The quantitative estimate of drug-likeness (QED) is 0.889. The summed E-state index contributed by atoms with van der Waals surface area (Å²) in [5.74, 6) is 1.00. The molecule has 0 aromatic heterocycles. The third kappa shape index (κ3) is 2.13. The summed E-state index contributed by atoms with van der Waals surface area (Å²) < 4.78 is 10.8. The van der Waals surface area contributed by atoms with Crippen LogP contribution < -0.4 is 10.5 Å². The molecular formula is C15H23NO2. The van der Waals surface area contributed by atoms with E-state index < -0.39 is 0 Å². The van der Waals surface area contributed by atoms with Gasteiger partial charge in [0.25, 0.3) is 0 Å². The van der Waals surface area contributed by atoms with Crippen LogP contribution in [0.4, 0.5) is 0 Å². The highest BCUT2D eigenvalue weighted by molar-refractivity contribution is 5.49. The van der Waals surface area contributed by atoms with Crippen molar-refractivity contribution in [2.45, 2.75) is 27.2 Å². The zero-order chi connectivity index (χ0) is 13.3. The van der Waals surface area contributed by atoms with E-state index in [4.69, 9.17) is 15.2 Å². The van der Waals surface area contributed by atoms with Crippen LogP contribution in [0.5, 0.6) is 5.75 Å². The highest BCUT2D eigenvalue weighted by atomic mass is 16.5. The highest BCUT2D eigenvalue weighted by Crippen LogP contribution is 2.35. The van der Waals surface area contributed by atoms with Crippen LogP contribution >= 0.6 is 0 Å². The summed E-state index contributed by atoms with van der Waals surface area (Å²) in [5, 5.41) is 0. The Kier molecular flexibility index (Phi) is 3.64. The monoisotopic (exact) mass is 249 g/mol. The molecule has 1 aliphatic rings. The number of hydrogen-bond acceptors (Lipinski definition) is 3. The number of hydrogen-bond donors (Lipinski definition) is 1. The molecule has 0 atom stereocenters. The summed E-state index contributed by atoms with van der Waals surface area (Å²) in [6, 6.07) is 2.23. The molecule has 18 heavy (non-hydrogen) atoms. The average molecular weight is 249 g/mol. The Morgan fingerprint density at radius 1 is 1.28 bits per heavy atom. The smallest absolute Gasteiger partial charge is 0.124 e. The molecular weight excluding hydrogens is 226 g/mol. The predicted molar refractivity (Wildman–Crippen MR) is 73.2 cm³/mol. The summed E-state index contributed by atoms with van der Waals surface area (Å²) >= 11 is 0. The van der Waals surface area contributed by atoms with Crippen LogP contribution in [0.15, 0.2) is 6.07 Å². The fourth-order valence-corrected chi connectivity index (χ4v) is 2.73. The van der Waals surface area contributed by atoms with Crippen LogP contribution in [0.25, 0.3) is 0 Å². The molecule has 0 saturated carbocycles. The third-order valence-corrected chi connectivity index (χ3v) is 4.15. The second kappa shape index (κ2) is 4.90. The van der Waals surface area contributed by atoms with Gasteiger partial charge in [-0.2, -0.15) is 0 Å². The number of aryl methyl sites for hydroxylation is 1. The summed E-state index contributed by atoms with van der Waals surface area (Å²) in [5.41, 5.74) is 11.2. The van der Waals surface area contributed by atoms with E-state index in [-0.39, 0.29) is 5.41 Å². The lowest BCUT2D eigenvalue weighted by Crippen LogP contribution is -2.49. The van der Waals surface area contributed by atoms with Gasteiger partial charge in [-0.25, -0.2) is 0 Å². The molecule has 0 radical (unpaired) electrons. The average Bonchev–Trinajstić information content (AvgIpc) is 2.30. The summed E-state index contributed by atoms with van der Waals surface area (Å²) in [4.78, 5) is 0. The van der Waals surface area contributed by atoms with Crippen LogP contribution in [0, 0.1) is 26.2 Å². The maximum Gasteiger partial charge on any atom is 0.124 e. The first-order valence-electron chi connectivity index (χ1n) is 6.44. The van der Waals surface area contributed by atoms with Crippen molar-refractivity contribution in [1.29, 1.82) is 0 Å². The lowest BCUT2D eigenvalue weighted by atomic mass is 9.78. The van der Waals surface area contributed by atoms with Crippen LogP contribution in [0.1, 0.15) is 22.3 Å². The Labute approximate surface area is 109 Å². The standard InChI is InChI=1S/C15H23NO2/c1-10-5-13(6-15(7-16)8-18-9-15)11(2)12(3)14(10)17-4/h5H,6-9,16H2,1-4H3. The first-order valence-corrected chi connectivity index (χ1v) is 6.44. The molecule has 0 bridgehead atoms. The van der Waals surface area contributed by atoms with E-state index >= 15 is 0 Å². The van der Waals surface area contributed by atoms with Gasteiger partial charge < -0.3 is 15.2 Å². The van der Waals surface area contributed by atoms with E-state index in [0.29, 0.717) is 6.54 Å². The molecule has 2 N–H and O–H groups in total. The lowest BCUT2D eigenvalue weighted by Gasteiger charge is -2.41. The van der Waals surface area contributed by atoms with Crippen LogP contribution in [0.3, 0.4) is 0 Å². The summed E-state index contributed by atoms with van der Waals surface area (Å²) in [7, 11) is 1.73. The van der Waals surface area contributed by atoms with Crippen molar-refractivity contribution in [1.82, 2.24) is 0 Å². The number of benzene rings is 1. The van der Waals surface area contributed by atoms with E-state index in [9.17, 15) is 0 Å². The number of rotatable bonds is 4. The van der Waals surface area contributed by atoms with Gasteiger partial charge in [0, 0.05) is 12.0 Å². The number of nitrogens with two attached hydrogens (primary N) is 1.